The molecule has 0 radical (unpaired) electrons. The van der Waals surface area contributed by atoms with E-state index in [2.05, 4.69) is 15.3 Å². The van der Waals surface area contributed by atoms with E-state index in [0.29, 0.717) is 22.8 Å². The lowest BCUT2D eigenvalue weighted by Crippen LogP contribution is -2.34. The molecule has 0 bridgehead atoms. The predicted molar refractivity (Wildman–Crippen MR) is 103 cm³/mol. The number of ether oxygens (including phenoxy) is 3. The Hall–Kier alpha value is -3.46. The molecule has 3 heterocycles. The Morgan fingerprint density at radius 1 is 1.31 bits per heavy atom. The summed E-state index contributed by atoms with van der Waals surface area (Å²) in [4.78, 5) is 20.9. The van der Waals surface area contributed by atoms with Crippen LogP contribution >= 0.6 is 0 Å². The Morgan fingerprint density at radius 2 is 2.14 bits per heavy atom. The van der Waals surface area contributed by atoms with Crippen LogP contribution in [0.4, 0.5) is 10.1 Å². The molecule has 1 aromatic carbocycles. The van der Waals surface area contributed by atoms with Gasteiger partial charge in [-0.1, -0.05) is 0 Å². The minimum Gasteiger partial charge on any atom is -0.495 e. The SMILES string of the molecule is COc1ccc(C(=O)Nc2ccc(F)c([C@@]3(C)N=C(N)OC4=C3COC4)c2)nc1. The molecule has 0 saturated heterocycles. The first-order valence-corrected chi connectivity index (χ1v) is 8.85. The van der Waals surface area contributed by atoms with Crippen LogP contribution in [0.2, 0.25) is 0 Å². The Labute approximate surface area is 166 Å². The summed E-state index contributed by atoms with van der Waals surface area (Å²) in [6, 6.07) is 7.38. The third-order valence-electron chi connectivity index (χ3n) is 4.92. The maximum atomic E-state index is 14.8. The van der Waals surface area contributed by atoms with Gasteiger partial charge in [0.25, 0.3) is 11.9 Å². The molecule has 1 atom stereocenters. The summed E-state index contributed by atoms with van der Waals surface area (Å²) < 4.78 is 30.6. The van der Waals surface area contributed by atoms with Crippen LogP contribution in [0.5, 0.6) is 5.75 Å². The van der Waals surface area contributed by atoms with Crippen molar-refractivity contribution in [2.75, 3.05) is 25.6 Å². The van der Waals surface area contributed by atoms with Gasteiger partial charge in [0.1, 0.15) is 35.2 Å². The Morgan fingerprint density at radius 3 is 2.86 bits per heavy atom. The topological polar surface area (TPSA) is 108 Å². The van der Waals surface area contributed by atoms with Gasteiger partial charge >= 0.3 is 0 Å². The van der Waals surface area contributed by atoms with Crippen molar-refractivity contribution in [1.82, 2.24) is 4.98 Å². The number of halogens is 1. The van der Waals surface area contributed by atoms with Gasteiger partial charge in [-0.2, -0.15) is 0 Å². The fourth-order valence-electron chi connectivity index (χ4n) is 3.38. The zero-order chi connectivity index (χ0) is 20.6. The number of anilines is 1. The standard InChI is InChI=1S/C20H19FN4O4/c1-20(14-9-28-10-17(14)29-19(22)25-20)13-7-11(3-5-15(13)21)24-18(26)16-6-4-12(27-2)8-23-16/h3-8H,9-10H2,1-2H3,(H2,22,25)(H,24,26)/t20-/m1/s1. The molecule has 2 aliphatic heterocycles. The molecule has 0 spiro atoms. The van der Waals surface area contributed by atoms with E-state index in [1.165, 1.54) is 37.6 Å². The van der Waals surface area contributed by atoms with Gasteiger partial charge < -0.3 is 25.3 Å². The van der Waals surface area contributed by atoms with Crippen LogP contribution < -0.4 is 15.8 Å². The van der Waals surface area contributed by atoms with Gasteiger partial charge in [0.05, 0.1) is 19.9 Å². The number of benzene rings is 1. The fraction of sp³-hybridized carbons (Fsp3) is 0.250. The lowest BCUT2D eigenvalue weighted by Gasteiger charge is -2.31. The molecular formula is C20H19FN4O4. The van der Waals surface area contributed by atoms with Gasteiger partial charge in [-0.25, -0.2) is 14.4 Å². The third-order valence-corrected chi connectivity index (χ3v) is 4.92. The lowest BCUT2D eigenvalue weighted by molar-refractivity contribution is 0.102. The number of pyridine rings is 1. The van der Waals surface area contributed by atoms with E-state index < -0.39 is 17.3 Å². The minimum atomic E-state index is -1.10. The summed E-state index contributed by atoms with van der Waals surface area (Å²) in [5.74, 6) is 0.160. The number of nitrogens with two attached hydrogens (primary N) is 1. The summed E-state index contributed by atoms with van der Waals surface area (Å²) >= 11 is 0. The van der Waals surface area contributed by atoms with E-state index >= 15 is 0 Å². The number of amidine groups is 1. The molecule has 0 saturated carbocycles. The van der Waals surface area contributed by atoms with Crippen LogP contribution in [0, 0.1) is 5.82 Å². The van der Waals surface area contributed by atoms with Gasteiger partial charge in [0, 0.05) is 16.8 Å². The molecule has 0 unspecified atom stereocenters. The highest BCUT2D eigenvalue weighted by Crippen LogP contribution is 2.42. The first-order valence-electron chi connectivity index (χ1n) is 8.85. The predicted octanol–water partition coefficient (Wildman–Crippen LogP) is 2.33. The van der Waals surface area contributed by atoms with Crippen LogP contribution in [-0.4, -0.2) is 37.2 Å². The van der Waals surface area contributed by atoms with Crippen LogP contribution in [0.15, 0.2) is 52.9 Å². The first-order chi connectivity index (χ1) is 13.9. The first kappa shape index (κ1) is 18.9. The number of methoxy groups -OCH3 is 1. The van der Waals surface area contributed by atoms with Crippen LogP contribution in [0.1, 0.15) is 23.0 Å². The van der Waals surface area contributed by atoms with Crippen molar-refractivity contribution in [3.8, 4) is 5.75 Å². The molecule has 0 aliphatic carbocycles. The molecule has 29 heavy (non-hydrogen) atoms. The molecule has 1 aromatic heterocycles. The number of nitrogens with zero attached hydrogens (tertiary/aromatic N) is 2. The smallest absolute Gasteiger partial charge is 0.288 e. The number of nitrogens with one attached hydrogen (secondary N) is 1. The minimum absolute atomic E-state index is 0.0620. The maximum Gasteiger partial charge on any atom is 0.288 e. The molecule has 4 rings (SSSR count). The van der Waals surface area contributed by atoms with Crippen molar-refractivity contribution < 1.29 is 23.4 Å². The molecule has 2 aliphatic rings. The number of amides is 1. The highest BCUT2D eigenvalue weighted by Gasteiger charge is 2.42. The zero-order valence-electron chi connectivity index (χ0n) is 15.9. The third kappa shape index (κ3) is 3.40. The van der Waals surface area contributed by atoms with Crippen LogP contribution in [0.25, 0.3) is 0 Å². The molecule has 3 N–H and O–H groups in total. The van der Waals surface area contributed by atoms with Crippen molar-refractivity contribution >= 4 is 17.6 Å². The van der Waals surface area contributed by atoms with E-state index in [9.17, 15) is 9.18 Å². The number of rotatable bonds is 4. The molecule has 0 fully saturated rings. The molecule has 1 amide bonds. The van der Waals surface area contributed by atoms with Crippen LogP contribution in [0.3, 0.4) is 0 Å². The monoisotopic (exact) mass is 398 g/mol. The van der Waals surface area contributed by atoms with E-state index in [-0.39, 0.29) is 30.5 Å². The number of aromatic nitrogens is 1. The Balaban J connectivity index is 1.66. The highest BCUT2D eigenvalue weighted by atomic mass is 19.1. The van der Waals surface area contributed by atoms with Gasteiger partial charge in [0.2, 0.25) is 0 Å². The quantitative estimate of drug-likeness (QED) is 0.818. The summed E-state index contributed by atoms with van der Waals surface area (Å²) in [6.45, 7) is 2.25. The molecular weight excluding hydrogens is 379 g/mol. The second-order valence-electron chi connectivity index (χ2n) is 6.75. The molecule has 8 nitrogen and oxygen atoms in total. The van der Waals surface area contributed by atoms with Crippen molar-refractivity contribution in [3.05, 3.63) is 64.9 Å². The van der Waals surface area contributed by atoms with E-state index in [1.54, 1.807) is 13.0 Å². The second-order valence-corrected chi connectivity index (χ2v) is 6.75. The van der Waals surface area contributed by atoms with Gasteiger partial charge in [-0.05, 0) is 37.3 Å². The summed E-state index contributed by atoms with van der Waals surface area (Å²) in [5, 5.41) is 2.72. The van der Waals surface area contributed by atoms with Crippen molar-refractivity contribution in [3.63, 3.8) is 0 Å². The zero-order valence-corrected chi connectivity index (χ0v) is 15.9. The number of hydrogen-bond donors (Lipinski definition) is 2. The molecule has 2 aromatic rings. The van der Waals surface area contributed by atoms with Crippen molar-refractivity contribution in [1.29, 1.82) is 0 Å². The van der Waals surface area contributed by atoms with E-state index in [4.69, 9.17) is 19.9 Å². The number of hydrogen-bond acceptors (Lipinski definition) is 7. The normalized spacial score (nSPS) is 20.6. The summed E-state index contributed by atoms with van der Waals surface area (Å²) in [7, 11) is 1.51. The number of carbonyl (C=O) groups is 1. The fourth-order valence-corrected chi connectivity index (χ4v) is 3.38. The van der Waals surface area contributed by atoms with Crippen LogP contribution in [-0.2, 0) is 15.0 Å². The average molecular weight is 398 g/mol. The second kappa shape index (κ2) is 7.17. The Bertz CT molecular complexity index is 1040. The van der Waals surface area contributed by atoms with Gasteiger partial charge in [0.15, 0.2) is 0 Å². The number of carbonyl (C=O) groups excluding carboxylic acids is 1. The van der Waals surface area contributed by atoms with Gasteiger partial charge in [-0.15, -0.1) is 0 Å². The Kier molecular flexibility index (Phi) is 4.67. The van der Waals surface area contributed by atoms with Crippen molar-refractivity contribution in [2.45, 2.75) is 12.5 Å². The van der Waals surface area contributed by atoms with E-state index in [0.717, 1.165) is 0 Å². The highest BCUT2D eigenvalue weighted by molar-refractivity contribution is 6.02. The van der Waals surface area contributed by atoms with Gasteiger partial charge in [-0.3, -0.25) is 4.79 Å². The summed E-state index contributed by atoms with van der Waals surface area (Å²) in [6.07, 6.45) is 1.44. The average Bonchev–Trinajstić information content (AvgIpc) is 3.18. The largest absolute Gasteiger partial charge is 0.495 e. The lowest BCUT2D eigenvalue weighted by atomic mass is 9.83. The molecule has 9 heteroatoms. The maximum absolute atomic E-state index is 14.8. The molecule has 150 valence electrons. The number of aliphatic imine (C=N–C) groups is 1. The van der Waals surface area contributed by atoms with Crippen molar-refractivity contribution in [2.24, 2.45) is 10.7 Å². The summed E-state index contributed by atoms with van der Waals surface area (Å²) in [5.41, 5.74) is 6.25. The van der Waals surface area contributed by atoms with E-state index in [1.807, 2.05) is 0 Å².